The fraction of sp³-hybridized carbons (Fsp3) is 0.303. The predicted octanol–water partition coefficient (Wildman–Crippen LogP) is 6.67. The van der Waals surface area contributed by atoms with Crippen molar-refractivity contribution in [2.75, 3.05) is 23.7 Å². The Morgan fingerprint density at radius 1 is 1.15 bits per heavy atom. The number of nitriles is 1. The number of nitrogens with two attached hydrogens (primary N) is 1. The molecule has 0 saturated carbocycles. The average molecular weight is 685 g/mol. The molecule has 5 rings (SSSR count). The number of fused-ring (bicyclic) bond motifs is 1. The van der Waals surface area contributed by atoms with E-state index in [9.17, 15) is 23.6 Å². The lowest BCUT2D eigenvalue weighted by atomic mass is 10.0. The van der Waals surface area contributed by atoms with Crippen molar-refractivity contribution in [3.63, 3.8) is 0 Å². The number of anilines is 2. The highest BCUT2D eigenvalue weighted by atomic mass is 35.5. The van der Waals surface area contributed by atoms with E-state index in [4.69, 9.17) is 28.9 Å². The van der Waals surface area contributed by atoms with Crippen LogP contribution in [-0.2, 0) is 4.79 Å². The van der Waals surface area contributed by atoms with Gasteiger partial charge in [0, 0.05) is 36.8 Å². The quantitative estimate of drug-likeness (QED) is 0.108. The van der Waals surface area contributed by atoms with Gasteiger partial charge in [0.2, 0.25) is 5.91 Å². The third kappa shape index (κ3) is 5.37. The van der Waals surface area contributed by atoms with Crippen molar-refractivity contribution < 1.29 is 18.0 Å². The number of pyridine rings is 3. The normalized spacial score (nSPS) is 16.6. The van der Waals surface area contributed by atoms with E-state index in [0.717, 1.165) is 0 Å². The molecule has 1 fully saturated rings. The molecular weight excluding hydrogens is 654 g/mol. The standard InChI is InChI=1S/C33H30Cl2F3N7O2/c1-7-21(46)44-16(5)12-43(13-17(44)6)31-18-10-20(34)29(22-24(36)25(37)23(35)26(38)27(22)40)42-32(18)45(33(47)19(31)11-39)30-15(4)8-9-41-28(30)14(2)3/h7-10,14,16-17H,1,12-13,40H2,2-6H3/t16-,17+. The van der Waals surface area contributed by atoms with E-state index in [1.54, 1.807) is 29.0 Å². The third-order valence-electron chi connectivity index (χ3n) is 8.32. The Balaban J connectivity index is 1.95. The first-order valence-corrected chi connectivity index (χ1v) is 15.4. The third-order valence-corrected chi connectivity index (χ3v) is 8.94. The van der Waals surface area contributed by atoms with Crippen LogP contribution in [0.4, 0.5) is 24.5 Å². The van der Waals surface area contributed by atoms with Crippen LogP contribution in [0.25, 0.3) is 28.0 Å². The molecule has 14 heteroatoms. The van der Waals surface area contributed by atoms with E-state index < -0.39 is 45.0 Å². The van der Waals surface area contributed by atoms with Crippen LogP contribution in [0.15, 0.2) is 35.8 Å². The lowest BCUT2D eigenvalue weighted by Gasteiger charge is -2.45. The number of piperazine rings is 1. The number of nitrogen functional groups attached to an aromatic ring is 1. The van der Waals surface area contributed by atoms with Crippen molar-refractivity contribution in [2.45, 2.75) is 52.6 Å². The van der Waals surface area contributed by atoms with Crippen LogP contribution in [0.3, 0.4) is 0 Å². The maximum Gasteiger partial charge on any atom is 0.276 e. The van der Waals surface area contributed by atoms with Gasteiger partial charge < -0.3 is 15.5 Å². The fourth-order valence-corrected chi connectivity index (χ4v) is 6.72. The van der Waals surface area contributed by atoms with Crippen LogP contribution in [-0.4, -0.2) is 50.5 Å². The number of nitrogens with zero attached hydrogens (tertiary/aromatic N) is 6. The number of hydrogen-bond acceptors (Lipinski definition) is 7. The molecule has 2 atom stereocenters. The van der Waals surface area contributed by atoms with Gasteiger partial charge in [-0.05, 0) is 50.5 Å². The molecule has 3 aromatic heterocycles. The largest absolute Gasteiger partial charge is 0.396 e. The number of carbonyl (C=O) groups excluding carboxylic acids is 1. The Bertz CT molecular complexity index is 2050. The molecule has 1 aliphatic heterocycles. The molecule has 2 N–H and O–H groups in total. The van der Waals surface area contributed by atoms with Gasteiger partial charge >= 0.3 is 0 Å². The van der Waals surface area contributed by atoms with Gasteiger partial charge in [-0.15, -0.1) is 0 Å². The van der Waals surface area contributed by atoms with Gasteiger partial charge in [-0.1, -0.05) is 43.6 Å². The van der Waals surface area contributed by atoms with Crippen LogP contribution >= 0.6 is 23.2 Å². The molecule has 1 saturated heterocycles. The Hall–Kier alpha value is -4.60. The summed E-state index contributed by atoms with van der Waals surface area (Å²) in [6.45, 7) is 13.2. The smallest absolute Gasteiger partial charge is 0.276 e. The van der Waals surface area contributed by atoms with Crippen molar-refractivity contribution in [3.8, 4) is 23.0 Å². The zero-order valence-corrected chi connectivity index (χ0v) is 27.6. The van der Waals surface area contributed by atoms with E-state index in [-0.39, 0.29) is 64.3 Å². The first-order chi connectivity index (χ1) is 22.2. The molecule has 4 aromatic rings. The van der Waals surface area contributed by atoms with Gasteiger partial charge in [-0.25, -0.2) is 18.2 Å². The first-order valence-electron chi connectivity index (χ1n) is 14.6. The Kier molecular flexibility index (Phi) is 9.01. The van der Waals surface area contributed by atoms with Crippen LogP contribution in [0.2, 0.25) is 10.0 Å². The molecule has 1 aromatic carbocycles. The molecule has 0 spiro atoms. The van der Waals surface area contributed by atoms with Gasteiger partial charge in [0.25, 0.3) is 5.56 Å². The predicted molar refractivity (Wildman–Crippen MR) is 177 cm³/mol. The summed E-state index contributed by atoms with van der Waals surface area (Å²) >= 11 is 12.3. The van der Waals surface area contributed by atoms with E-state index in [2.05, 4.69) is 22.6 Å². The van der Waals surface area contributed by atoms with Crippen molar-refractivity contribution in [2.24, 2.45) is 0 Å². The second kappa shape index (κ2) is 12.5. The van der Waals surface area contributed by atoms with E-state index >= 15 is 4.39 Å². The summed E-state index contributed by atoms with van der Waals surface area (Å²) in [6.07, 6.45) is 2.81. The van der Waals surface area contributed by atoms with Gasteiger partial charge in [-0.3, -0.25) is 19.1 Å². The summed E-state index contributed by atoms with van der Waals surface area (Å²) in [6, 6.07) is 4.36. The fourth-order valence-electron chi connectivity index (χ4n) is 6.29. The first kappa shape index (κ1) is 33.8. The van der Waals surface area contributed by atoms with Gasteiger partial charge in [0.15, 0.2) is 17.5 Å². The number of halogens is 5. The highest BCUT2D eigenvalue weighted by Gasteiger charge is 2.36. The van der Waals surface area contributed by atoms with Crippen LogP contribution < -0.4 is 16.2 Å². The van der Waals surface area contributed by atoms with E-state index in [1.807, 2.05) is 27.7 Å². The molecule has 0 unspecified atom stereocenters. The molecular formula is C33H30Cl2F3N7O2. The van der Waals surface area contributed by atoms with Crippen LogP contribution in [0, 0.1) is 35.7 Å². The zero-order chi connectivity index (χ0) is 34.6. The number of aromatic nitrogens is 3. The highest BCUT2D eigenvalue weighted by Crippen LogP contribution is 2.42. The maximum atomic E-state index is 15.4. The molecule has 0 bridgehead atoms. The summed E-state index contributed by atoms with van der Waals surface area (Å²) < 4.78 is 46.3. The van der Waals surface area contributed by atoms with E-state index in [0.29, 0.717) is 16.9 Å². The molecule has 0 radical (unpaired) electrons. The summed E-state index contributed by atoms with van der Waals surface area (Å²) in [5, 5.41) is 9.29. The van der Waals surface area contributed by atoms with Gasteiger partial charge in [0.1, 0.15) is 22.3 Å². The Labute approximate surface area is 278 Å². The second-order valence-electron chi connectivity index (χ2n) is 11.8. The molecule has 4 heterocycles. The average Bonchev–Trinajstić information content (AvgIpc) is 3.02. The van der Waals surface area contributed by atoms with Crippen molar-refractivity contribution in [3.05, 3.63) is 85.7 Å². The molecule has 1 amide bonds. The molecule has 244 valence electrons. The lowest BCUT2D eigenvalue weighted by Crippen LogP contribution is -2.58. The number of benzene rings is 1. The summed E-state index contributed by atoms with van der Waals surface area (Å²) in [5.74, 6) is -5.15. The van der Waals surface area contributed by atoms with Crippen molar-refractivity contribution >= 4 is 51.5 Å². The Morgan fingerprint density at radius 3 is 2.36 bits per heavy atom. The molecule has 47 heavy (non-hydrogen) atoms. The van der Waals surface area contributed by atoms with Gasteiger partial charge in [0.05, 0.1) is 39.0 Å². The molecule has 1 aliphatic rings. The number of aryl methyl sites for hydroxylation is 1. The number of rotatable bonds is 5. The molecule has 9 nitrogen and oxygen atoms in total. The monoisotopic (exact) mass is 683 g/mol. The van der Waals surface area contributed by atoms with E-state index in [1.165, 1.54) is 16.7 Å². The zero-order valence-electron chi connectivity index (χ0n) is 26.1. The van der Waals surface area contributed by atoms with Crippen molar-refractivity contribution in [1.82, 2.24) is 19.4 Å². The maximum absolute atomic E-state index is 15.4. The van der Waals surface area contributed by atoms with Gasteiger partial charge in [-0.2, -0.15) is 5.26 Å². The minimum absolute atomic E-state index is 0.0964. The minimum Gasteiger partial charge on any atom is -0.396 e. The number of hydrogen-bond donors (Lipinski definition) is 1. The van der Waals surface area contributed by atoms with Crippen LogP contribution in [0.5, 0.6) is 0 Å². The minimum atomic E-state index is -1.69. The number of amides is 1. The topological polar surface area (TPSA) is 121 Å². The SMILES string of the molecule is C=CC(=O)N1[C@H](C)CN(c2c(C#N)c(=O)n(-c3c(C)ccnc3C(C)C)c3nc(-c4c(N)c(F)c(Cl)c(F)c4F)c(Cl)cc23)C[C@@H]1C. The summed E-state index contributed by atoms with van der Waals surface area (Å²) in [7, 11) is 0. The summed E-state index contributed by atoms with van der Waals surface area (Å²) in [5.41, 5.74) is 4.34. The van der Waals surface area contributed by atoms with Crippen molar-refractivity contribution in [1.29, 1.82) is 5.26 Å². The molecule has 0 aliphatic carbocycles. The Morgan fingerprint density at radius 2 is 1.79 bits per heavy atom. The number of carbonyl (C=O) groups is 1. The summed E-state index contributed by atoms with van der Waals surface area (Å²) in [4.78, 5) is 39.7. The lowest BCUT2D eigenvalue weighted by molar-refractivity contribution is -0.130. The second-order valence-corrected chi connectivity index (χ2v) is 12.6. The highest BCUT2D eigenvalue weighted by molar-refractivity contribution is 6.34. The van der Waals surface area contributed by atoms with Crippen LogP contribution in [0.1, 0.15) is 50.4 Å².